The highest BCUT2D eigenvalue weighted by Crippen LogP contribution is 2.37. The molecule has 22 heavy (non-hydrogen) atoms. The SMILES string of the molecule is CCC(=O)OC(C)C(=O)N1c2ccccc2NC(=O)C1(C)C. The number of anilines is 2. The third-order valence-corrected chi connectivity index (χ3v) is 3.67. The number of para-hydroxylation sites is 2. The lowest BCUT2D eigenvalue weighted by Crippen LogP contribution is -2.60. The second-order valence-electron chi connectivity index (χ2n) is 5.69. The quantitative estimate of drug-likeness (QED) is 0.868. The van der Waals surface area contributed by atoms with Gasteiger partial charge in [0.25, 0.3) is 5.91 Å². The molecule has 1 N–H and O–H groups in total. The summed E-state index contributed by atoms with van der Waals surface area (Å²) in [5.41, 5.74) is 0.0869. The van der Waals surface area contributed by atoms with E-state index in [-0.39, 0.29) is 12.3 Å². The van der Waals surface area contributed by atoms with Gasteiger partial charge in [0.15, 0.2) is 6.10 Å². The standard InChI is InChI=1S/C16H20N2O4/c1-5-13(19)22-10(2)14(20)18-12-9-7-6-8-11(12)17-15(21)16(18,3)4/h6-10H,5H2,1-4H3,(H,17,21). The number of hydrogen-bond acceptors (Lipinski definition) is 4. The predicted molar refractivity (Wildman–Crippen MR) is 82.5 cm³/mol. The maximum Gasteiger partial charge on any atom is 0.306 e. The zero-order chi connectivity index (χ0) is 16.5. The van der Waals surface area contributed by atoms with Gasteiger partial charge in [-0.1, -0.05) is 19.1 Å². The maximum atomic E-state index is 12.7. The van der Waals surface area contributed by atoms with Gasteiger partial charge in [-0.2, -0.15) is 0 Å². The van der Waals surface area contributed by atoms with Crippen molar-refractivity contribution in [3.63, 3.8) is 0 Å². The first-order chi connectivity index (χ1) is 10.3. The largest absolute Gasteiger partial charge is 0.453 e. The lowest BCUT2D eigenvalue weighted by Gasteiger charge is -2.42. The minimum Gasteiger partial charge on any atom is -0.453 e. The average Bonchev–Trinajstić information content (AvgIpc) is 2.47. The highest BCUT2D eigenvalue weighted by Gasteiger charge is 2.45. The van der Waals surface area contributed by atoms with E-state index in [1.807, 2.05) is 0 Å². The van der Waals surface area contributed by atoms with E-state index >= 15 is 0 Å². The second-order valence-corrected chi connectivity index (χ2v) is 5.69. The lowest BCUT2D eigenvalue weighted by molar-refractivity contribution is -0.154. The molecule has 0 saturated carbocycles. The number of carbonyl (C=O) groups excluding carboxylic acids is 3. The van der Waals surface area contributed by atoms with Gasteiger partial charge in [-0.05, 0) is 32.9 Å². The topological polar surface area (TPSA) is 75.7 Å². The van der Waals surface area contributed by atoms with Gasteiger partial charge in [0.1, 0.15) is 5.54 Å². The lowest BCUT2D eigenvalue weighted by atomic mass is 9.95. The van der Waals surface area contributed by atoms with Crippen LogP contribution in [0.5, 0.6) is 0 Å². The zero-order valence-corrected chi connectivity index (χ0v) is 13.2. The summed E-state index contributed by atoms with van der Waals surface area (Å²) in [6.45, 7) is 6.49. The molecule has 1 aliphatic heterocycles. The molecule has 0 aliphatic carbocycles. The summed E-state index contributed by atoms with van der Waals surface area (Å²) in [5, 5.41) is 2.79. The molecule has 0 bridgehead atoms. The van der Waals surface area contributed by atoms with E-state index in [9.17, 15) is 14.4 Å². The molecule has 1 aliphatic rings. The van der Waals surface area contributed by atoms with Crippen LogP contribution in [0.3, 0.4) is 0 Å². The fraction of sp³-hybridized carbons (Fsp3) is 0.438. The van der Waals surface area contributed by atoms with Crippen molar-refractivity contribution >= 4 is 29.2 Å². The van der Waals surface area contributed by atoms with Crippen molar-refractivity contribution < 1.29 is 19.1 Å². The van der Waals surface area contributed by atoms with Crippen LogP contribution in [-0.4, -0.2) is 29.4 Å². The van der Waals surface area contributed by atoms with Crippen molar-refractivity contribution in [2.24, 2.45) is 0 Å². The average molecular weight is 304 g/mol. The van der Waals surface area contributed by atoms with Crippen LogP contribution in [0.15, 0.2) is 24.3 Å². The Morgan fingerprint density at radius 3 is 2.59 bits per heavy atom. The number of nitrogens with one attached hydrogen (secondary N) is 1. The number of esters is 1. The molecule has 2 amide bonds. The fourth-order valence-electron chi connectivity index (χ4n) is 2.36. The molecule has 1 unspecified atom stereocenters. The van der Waals surface area contributed by atoms with E-state index in [1.54, 1.807) is 45.0 Å². The summed E-state index contributed by atoms with van der Waals surface area (Å²) >= 11 is 0. The third-order valence-electron chi connectivity index (χ3n) is 3.67. The van der Waals surface area contributed by atoms with Crippen molar-refractivity contribution in [2.75, 3.05) is 10.2 Å². The molecule has 6 heteroatoms. The Kier molecular flexibility index (Phi) is 4.21. The van der Waals surface area contributed by atoms with E-state index in [1.165, 1.54) is 11.8 Å². The van der Waals surface area contributed by atoms with Crippen LogP contribution in [0.2, 0.25) is 0 Å². The van der Waals surface area contributed by atoms with E-state index in [4.69, 9.17) is 4.74 Å². The third kappa shape index (κ3) is 2.68. The van der Waals surface area contributed by atoms with Crippen molar-refractivity contribution in [3.8, 4) is 0 Å². The molecule has 1 aromatic carbocycles. The summed E-state index contributed by atoms with van der Waals surface area (Å²) in [6.07, 6.45) is -0.761. The van der Waals surface area contributed by atoms with Gasteiger partial charge >= 0.3 is 5.97 Å². The molecule has 1 atom stereocenters. The van der Waals surface area contributed by atoms with Gasteiger partial charge in [0.05, 0.1) is 11.4 Å². The highest BCUT2D eigenvalue weighted by molar-refractivity contribution is 6.15. The van der Waals surface area contributed by atoms with Crippen LogP contribution >= 0.6 is 0 Å². The van der Waals surface area contributed by atoms with Gasteiger partial charge in [0, 0.05) is 6.42 Å². The Labute approximate surface area is 129 Å². The number of benzene rings is 1. The van der Waals surface area contributed by atoms with Crippen LogP contribution in [0.1, 0.15) is 34.1 Å². The Balaban J connectivity index is 2.40. The molecule has 0 spiro atoms. The van der Waals surface area contributed by atoms with Gasteiger partial charge in [-0.25, -0.2) is 0 Å². The van der Waals surface area contributed by atoms with Crippen LogP contribution < -0.4 is 10.2 Å². The molecule has 0 saturated heterocycles. The van der Waals surface area contributed by atoms with Crippen LogP contribution in [0, 0.1) is 0 Å². The molecule has 0 fully saturated rings. The smallest absolute Gasteiger partial charge is 0.306 e. The van der Waals surface area contributed by atoms with Gasteiger partial charge in [0.2, 0.25) is 5.91 Å². The first-order valence-corrected chi connectivity index (χ1v) is 7.23. The number of amides is 2. The van der Waals surface area contributed by atoms with Crippen LogP contribution in [0.4, 0.5) is 11.4 Å². The van der Waals surface area contributed by atoms with E-state index < -0.39 is 23.5 Å². The van der Waals surface area contributed by atoms with Crippen LogP contribution in [0.25, 0.3) is 0 Å². The summed E-state index contributed by atoms with van der Waals surface area (Å²) < 4.78 is 5.10. The molecule has 1 aromatic rings. The number of ether oxygens (including phenoxy) is 1. The minimum atomic E-state index is -1.07. The predicted octanol–water partition coefficient (Wildman–Crippen LogP) is 2.09. The monoisotopic (exact) mass is 304 g/mol. The second kappa shape index (κ2) is 5.79. The highest BCUT2D eigenvalue weighted by atomic mass is 16.5. The Morgan fingerprint density at radius 2 is 1.95 bits per heavy atom. The van der Waals surface area contributed by atoms with Crippen molar-refractivity contribution in [1.29, 1.82) is 0 Å². The summed E-state index contributed by atoms with van der Waals surface area (Å²) in [6, 6.07) is 7.05. The number of carbonyl (C=O) groups is 3. The molecular weight excluding hydrogens is 284 g/mol. The molecule has 118 valence electrons. The van der Waals surface area contributed by atoms with Gasteiger partial charge in [-0.15, -0.1) is 0 Å². The van der Waals surface area contributed by atoms with Crippen LogP contribution in [-0.2, 0) is 19.1 Å². The first kappa shape index (κ1) is 16.0. The van der Waals surface area contributed by atoms with Crippen molar-refractivity contribution in [1.82, 2.24) is 0 Å². The maximum absolute atomic E-state index is 12.7. The van der Waals surface area contributed by atoms with Gasteiger partial charge in [-0.3, -0.25) is 19.3 Å². The number of hydrogen-bond donors (Lipinski definition) is 1. The molecule has 0 aromatic heterocycles. The first-order valence-electron chi connectivity index (χ1n) is 7.23. The van der Waals surface area contributed by atoms with E-state index in [0.29, 0.717) is 11.4 Å². The Morgan fingerprint density at radius 1 is 1.32 bits per heavy atom. The van der Waals surface area contributed by atoms with Gasteiger partial charge < -0.3 is 10.1 Å². The normalized spacial score (nSPS) is 17.3. The number of fused-ring (bicyclic) bond motifs is 1. The Bertz CT molecular complexity index is 624. The Hall–Kier alpha value is -2.37. The zero-order valence-electron chi connectivity index (χ0n) is 13.2. The van der Waals surface area contributed by atoms with Crippen molar-refractivity contribution in [3.05, 3.63) is 24.3 Å². The van der Waals surface area contributed by atoms with Crippen molar-refractivity contribution in [2.45, 2.75) is 45.8 Å². The summed E-state index contributed by atoms with van der Waals surface area (Å²) in [7, 11) is 0. The molecule has 0 radical (unpaired) electrons. The fourth-order valence-corrected chi connectivity index (χ4v) is 2.36. The molecule has 6 nitrogen and oxygen atoms in total. The molecule has 1 heterocycles. The molecule has 2 rings (SSSR count). The van der Waals surface area contributed by atoms with E-state index in [2.05, 4.69) is 5.32 Å². The summed E-state index contributed by atoms with van der Waals surface area (Å²) in [4.78, 5) is 37.8. The summed E-state index contributed by atoms with van der Waals surface area (Å²) in [5.74, 6) is -1.16. The van der Waals surface area contributed by atoms with E-state index in [0.717, 1.165) is 0 Å². The molecular formula is C16H20N2O4. The number of rotatable bonds is 3. The minimum absolute atomic E-state index is 0.193. The number of nitrogens with zero attached hydrogens (tertiary/aromatic N) is 1.